The molecule has 8 bridgehead atoms. The fourth-order valence-electron chi connectivity index (χ4n) is 3.31. The smallest absolute Gasteiger partial charge is 0.0691 e. The van der Waals surface area contributed by atoms with E-state index < -0.39 is 0 Å². The van der Waals surface area contributed by atoms with Crippen LogP contribution in [-0.4, -0.2) is 29.4 Å². The molecular formula is C22H17N5. The third-order valence-corrected chi connectivity index (χ3v) is 4.54. The summed E-state index contributed by atoms with van der Waals surface area (Å²) in [6.07, 6.45) is 22.7. The molecule has 0 saturated carbocycles. The van der Waals surface area contributed by atoms with E-state index in [2.05, 4.69) is 21.1 Å². The standard InChI is InChI=1S/C22H17N5/c23-8-7-14-9-21-12-19-4-3-17(25-19)10-15-1-2-16(24-15)11-18-5-6-20(26-18)13-22(14)27-21/h1-6,9-13H,7-8,23H2. The second-order valence-corrected chi connectivity index (χ2v) is 6.59. The maximum absolute atomic E-state index is 5.78. The summed E-state index contributed by atoms with van der Waals surface area (Å²) in [5, 5.41) is 0. The Bertz CT molecular complexity index is 1110. The highest BCUT2D eigenvalue weighted by atomic mass is 14.8. The third-order valence-electron chi connectivity index (χ3n) is 4.54. The monoisotopic (exact) mass is 351 g/mol. The summed E-state index contributed by atoms with van der Waals surface area (Å²) < 4.78 is 0. The Labute approximate surface area is 157 Å². The molecule has 5 rings (SSSR count). The number of hydrogen-bond acceptors (Lipinski definition) is 5. The van der Waals surface area contributed by atoms with Crippen molar-refractivity contribution in [3.63, 3.8) is 0 Å². The number of nitrogens with zero attached hydrogens (tertiary/aromatic N) is 4. The normalized spacial score (nSPS) is 21.9. The predicted octanol–water partition coefficient (Wildman–Crippen LogP) is 3.30. The van der Waals surface area contributed by atoms with Gasteiger partial charge in [0.15, 0.2) is 0 Å². The van der Waals surface area contributed by atoms with E-state index >= 15 is 0 Å². The average Bonchev–Trinajstić information content (AvgIpc) is 3.41. The highest BCUT2D eigenvalue weighted by Gasteiger charge is 2.16. The Morgan fingerprint density at radius 1 is 0.556 bits per heavy atom. The number of aliphatic imine (C=N–C) groups is 4. The average molecular weight is 351 g/mol. The van der Waals surface area contributed by atoms with E-state index in [0.29, 0.717) is 6.54 Å². The topological polar surface area (TPSA) is 75.5 Å². The van der Waals surface area contributed by atoms with Crippen molar-refractivity contribution in [3.05, 3.63) is 95.2 Å². The molecule has 27 heavy (non-hydrogen) atoms. The van der Waals surface area contributed by atoms with Gasteiger partial charge in [-0.25, -0.2) is 20.0 Å². The Kier molecular flexibility index (Phi) is 3.73. The van der Waals surface area contributed by atoms with Crippen molar-refractivity contribution in [3.8, 4) is 0 Å². The summed E-state index contributed by atoms with van der Waals surface area (Å²) in [4.78, 5) is 18.7. The molecule has 2 N–H and O–H groups in total. The third kappa shape index (κ3) is 3.20. The van der Waals surface area contributed by atoms with Crippen LogP contribution < -0.4 is 5.73 Å². The molecule has 0 atom stereocenters. The van der Waals surface area contributed by atoms with Crippen LogP contribution in [0, 0.1) is 0 Å². The molecule has 0 saturated heterocycles. The van der Waals surface area contributed by atoms with E-state index in [1.165, 1.54) is 0 Å². The van der Waals surface area contributed by atoms with Gasteiger partial charge in [-0.1, -0.05) is 0 Å². The minimum absolute atomic E-state index is 0.581. The van der Waals surface area contributed by atoms with Crippen LogP contribution in [0.2, 0.25) is 0 Å². The zero-order valence-corrected chi connectivity index (χ0v) is 14.6. The van der Waals surface area contributed by atoms with E-state index in [-0.39, 0.29) is 0 Å². The molecule has 5 aliphatic rings. The molecule has 0 radical (unpaired) electrons. The van der Waals surface area contributed by atoms with Gasteiger partial charge in [-0.05, 0) is 85.4 Å². The predicted molar refractivity (Wildman–Crippen MR) is 111 cm³/mol. The van der Waals surface area contributed by atoms with Crippen molar-refractivity contribution in [2.24, 2.45) is 25.7 Å². The molecule has 0 aromatic carbocycles. The maximum Gasteiger partial charge on any atom is 0.0691 e. The first-order valence-electron chi connectivity index (χ1n) is 8.92. The lowest BCUT2D eigenvalue weighted by molar-refractivity contribution is 0.960. The van der Waals surface area contributed by atoms with Crippen LogP contribution in [0.4, 0.5) is 0 Å². The first-order chi connectivity index (χ1) is 13.2. The van der Waals surface area contributed by atoms with Crippen molar-refractivity contribution in [1.29, 1.82) is 0 Å². The summed E-state index contributed by atoms with van der Waals surface area (Å²) in [5.74, 6) is 0. The van der Waals surface area contributed by atoms with Gasteiger partial charge in [0.05, 0.1) is 45.6 Å². The molecule has 0 aromatic rings. The number of allylic oxidation sites excluding steroid dienone is 12. The van der Waals surface area contributed by atoms with Crippen LogP contribution >= 0.6 is 0 Å². The maximum atomic E-state index is 5.78. The van der Waals surface area contributed by atoms with Crippen molar-refractivity contribution in [2.45, 2.75) is 6.42 Å². The van der Waals surface area contributed by atoms with E-state index in [4.69, 9.17) is 10.7 Å². The van der Waals surface area contributed by atoms with Gasteiger partial charge in [-0.3, -0.25) is 0 Å². The Balaban J connectivity index is 1.64. The zero-order valence-electron chi connectivity index (χ0n) is 14.6. The first-order valence-corrected chi connectivity index (χ1v) is 8.92. The van der Waals surface area contributed by atoms with Crippen LogP contribution in [0.25, 0.3) is 0 Å². The van der Waals surface area contributed by atoms with Crippen molar-refractivity contribution in [1.82, 2.24) is 0 Å². The molecule has 0 spiro atoms. The first kappa shape index (κ1) is 15.8. The molecule has 130 valence electrons. The molecule has 5 nitrogen and oxygen atoms in total. The van der Waals surface area contributed by atoms with Gasteiger partial charge < -0.3 is 5.73 Å². The molecule has 0 amide bonds. The molecule has 0 aliphatic carbocycles. The minimum Gasteiger partial charge on any atom is -0.330 e. The summed E-state index contributed by atoms with van der Waals surface area (Å²) in [7, 11) is 0. The fourth-order valence-corrected chi connectivity index (χ4v) is 3.31. The van der Waals surface area contributed by atoms with Crippen LogP contribution in [0.5, 0.6) is 0 Å². The van der Waals surface area contributed by atoms with Gasteiger partial charge in [0.1, 0.15) is 0 Å². The van der Waals surface area contributed by atoms with Gasteiger partial charge in [0, 0.05) is 0 Å². The van der Waals surface area contributed by atoms with Crippen LogP contribution in [0.15, 0.2) is 115 Å². The molecule has 0 unspecified atom stereocenters. The summed E-state index contributed by atoms with van der Waals surface area (Å²) >= 11 is 0. The highest BCUT2D eigenvalue weighted by Crippen LogP contribution is 2.25. The van der Waals surface area contributed by atoms with Crippen LogP contribution in [0.1, 0.15) is 6.42 Å². The number of nitrogens with two attached hydrogens (primary N) is 1. The number of fused-ring (bicyclic) bond motifs is 4. The molecule has 5 heteroatoms. The van der Waals surface area contributed by atoms with E-state index in [0.717, 1.165) is 57.6 Å². The molecule has 5 heterocycles. The molecule has 0 fully saturated rings. The van der Waals surface area contributed by atoms with Crippen molar-refractivity contribution in [2.75, 3.05) is 6.54 Å². The summed E-state index contributed by atoms with van der Waals surface area (Å²) in [5.41, 5.74) is 14.0. The van der Waals surface area contributed by atoms with Gasteiger partial charge in [0.25, 0.3) is 0 Å². The molecule has 5 aliphatic heterocycles. The fraction of sp³-hybridized carbons (Fsp3) is 0.0909. The van der Waals surface area contributed by atoms with Gasteiger partial charge in [-0.2, -0.15) is 0 Å². The van der Waals surface area contributed by atoms with Crippen molar-refractivity contribution >= 4 is 22.8 Å². The summed E-state index contributed by atoms with van der Waals surface area (Å²) in [6, 6.07) is 0. The van der Waals surface area contributed by atoms with Crippen LogP contribution in [-0.2, 0) is 0 Å². The molecular weight excluding hydrogens is 334 g/mol. The minimum atomic E-state index is 0.581. The Morgan fingerprint density at radius 2 is 1.07 bits per heavy atom. The lowest BCUT2D eigenvalue weighted by Gasteiger charge is -2.00. The largest absolute Gasteiger partial charge is 0.330 e. The van der Waals surface area contributed by atoms with E-state index in [1.54, 1.807) is 0 Å². The quantitative estimate of drug-likeness (QED) is 0.814. The van der Waals surface area contributed by atoms with Crippen LogP contribution in [0.3, 0.4) is 0 Å². The van der Waals surface area contributed by atoms with E-state index in [9.17, 15) is 0 Å². The lowest BCUT2D eigenvalue weighted by Crippen LogP contribution is -2.01. The lowest BCUT2D eigenvalue weighted by atomic mass is 10.1. The summed E-state index contributed by atoms with van der Waals surface area (Å²) in [6.45, 7) is 0.581. The Hall–Kier alpha value is -3.44. The van der Waals surface area contributed by atoms with Gasteiger partial charge in [0.2, 0.25) is 0 Å². The van der Waals surface area contributed by atoms with Gasteiger partial charge >= 0.3 is 0 Å². The number of hydrogen-bond donors (Lipinski definition) is 1. The molecule has 0 aromatic heterocycles. The second-order valence-electron chi connectivity index (χ2n) is 6.59. The van der Waals surface area contributed by atoms with Gasteiger partial charge in [-0.15, -0.1) is 0 Å². The Morgan fingerprint density at radius 3 is 1.63 bits per heavy atom. The van der Waals surface area contributed by atoms with Crippen molar-refractivity contribution < 1.29 is 0 Å². The van der Waals surface area contributed by atoms with E-state index in [1.807, 2.05) is 60.8 Å². The zero-order chi connectivity index (χ0) is 18.2. The SMILES string of the molecule is NCCC1=CC2=NC1=CC1=NC(=CC3=NC(=CC4=NC(=C2)C=C4)C=C3)C=C1. The second kappa shape index (κ2) is 6.37. The number of rotatable bonds is 2. The highest BCUT2D eigenvalue weighted by molar-refractivity contribution is 6.15.